The lowest BCUT2D eigenvalue weighted by Gasteiger charge is -2.12. The summed E-state index contributed by atoms with van der Waals surface area (Å²) in [5.41, 5.74) is -0.778. The Hall–Kier alpha value is -2.74. The van der Waals surface area contributed by atoms with Crippen LogP contribution in [0.3, 0.4) is 0 Å². The van der Waals surface area contributed by atoms with E-state index in [0.29, 0.717) is 12.3 Å². The van der Waals surface area contributed by atoms with Crippen molar-refractivity contribution in [1.29, 1.82) is 0 Å². The summed E-state index contributed by atoms with van der Waals surface area (Å²) in [6, 6.07) is 4.51. The molecule has 1 heterocycles. The number of carboxylic acid groups (broad SMARTS) is 1. The lowest BCUT2D eigenvalue weighted by Crippen LogP contribution is -2.06. The maximum Gasteiger partial charge on any atom is 0.417 e. The molecule has 0 fully saturated rings. The van der Waals surface area contributed by atoms with Crippen molar-refractivity contribution >= 4 is 23.6 Å². The van der Waals surface area contributed by atoms with Gasteiger partial charge in [0, 0.05) is 23.4 Å². The van der Waals surface area contributed by atoms with Gasteiger partial charge in [0.1, 0.15) is 16.5 Å². The molecule has 5 nitrogen and oxygen atoms in total. The number of carboxylic acids is 1. The third-order valence-electron chi connectivity index (χ3n) is 3.05. The highest BCUT2D eigenvalue weighted by atomic mass is 35.5. The number of ether oxygens (including phenoxy) is 1. The van der Waals surface area contributed by atoms with Gasteiger partial charge in [-0.25, -0.2) is 9.78 Å². The summed E-state index contributed by atoms with van der Waals surface area (Å²) in [7, 11) is 0. The van der Waals surface area contributed by atoms with Gasteiger partial charge in [-0.2, -0.15) is 13.2 Å². The molecule has 9 heteroatoms. The first-order chi connectivity index (χ1) is 11.6. The molecule has 0 unspecified atom stereocenters. The molecule has 0 amide bonds. The molecule has 25 heavy (non-hydrogen) atoms. The van der Waals surface area contributed by atoms with Gasteiger partial charge < -0.3 is 14.9 Å². The molecule has 132 valence electrons. The standard InChI is InChI=1S/C16H11ClF3NO4/c1-8(15(23)24)4-9-2-3-11(22)6-13(9)25-14-12(17)5-10(7-21-14)16(18,19)20/h2-7,22H,1H3,(H,23,24). The Morgan fingerprint density at radius 2 is 2.00 bits per heavy atom. The molecule has 0 spiro atoms. The second-order valence-electron chi connectivity index (χ2n) is 4.97. The van der Waals surface area contributed by atoms with Crippen LogP contribution in [0.1, 0.15) is 18.1 Å². The minimum Gasteiger partial charge on any atom is -0.508 e. The van der Waals surface area contributed by atoms with Crippen molar-refractivity contribution in [1.82, 2.24) is 4.98 Å². The largest absolute Gasteiger partial charge is 0.508 e. The van der Waals surface area contributed by atoms with Crippen LogP contribution in [0.15, 0.2) is 36.0 Å². The Morgan fingerprint density at radius 1 is 1.32 bits per heavy atom. The first-order valence-corrected chi connectivity index (χ1v) is 7.11. The number of hydrogen-bond donors (Lipinski definition) is 2. The zero-order chi connectivity index (χ0) is 18.8. The quantitative estimate of drug-likeness (QED) is 0.757. The second kappa shape index (κ2) is 7.02. The number of rotatable bonds is 4. The van der Waals surface area contributed by atoms with Crippen LogP contribution in [-0.4, -0.2) is 21.2 Å². The van der Waals surface area contributed by atoms with E-state index >= 15 is 0 Å². The van der Waals surface area contributed by atoms with E-state index < -0.39 is 17.7 Å². The van der Waals surface area contributed by atoms with E-state index in [2.05, 4.69) is 4.98 Å². The van der Waals surface area contributed by atoms with Gasteiger partial charge >= 0.3 is 12.1 Å². The molecule has 2 N–H and O–H groups in total. The summed E-state index contributed by atoms with van der Waals surface area (Å²) in [6.07, 6.45) is -2.77. The number of halogens is 4. The van der Waals surface area contributed by atoms with Gasteiger partial charge in [0.05, 0.1) is 5.56 Å². The molecule has 0 atom stereocenters. The van der Waals surface area contributed by atoms with Crippen molar-refractivity contribution in [2.24, 2.45) is 0 Å². The lowest BCUT2D eigenvalue weighted by atomic mass is 10.1. The van der Waals surface area contributed by atoms with Crippen molar-refractivity contribution in [3.8, 4) is 17.4 Å². The Balaban J connectivity index is 2.42. The number of aromatic hydroxyl groups is 1. The number of alkyl halides is 3. The normalized spacial score (nSPS) is 12.1. The first-order valence-electron chi connectivity index (χ1n) is 6.73. The number of aromatic nitrogens is 1. The number of benzene rings is 1. The average Bonchev–Trinajstić information content (AvgIpc) is 2.50. The van der Waals surface area contributed by atoms with Crippen LogP contribution in [-0.2, 0) is 11.0 Å². The van der Waals surface area contributed by atoms with Crippen LogP contribution in [0, 0.1) is 0 Å². The first kappa shape index (κ1) is 18.6. The zero-order valence-electron chi connectivity index (χ0n) is 12.6. The molecule has 0 aliphatic rings. The van der Waals surface area contributed by atoms with Crippen molar-refractivity contribution in [2.75, 3.05) is 0 Å². The fourth-order valence-electron chi connectivity index (χ4n) is 1.79. The number of phenols is 1. The van der Waals surface area contributed by atoms with Crippen molar-refractivity contribution in [2.45, 2.75) is 13.1 Å². The molecule has 0 bridgehead atoms. The summed E-state index contributed by atoms with van der Waals surface area (Å²) < 4.78 is 43.2. The van der Waals surface area contributed by atoms with Crippen molar-refractivity contribution in [3.05, 3.63) is 52.2 Å². The van der Waals surface area contributed by atoms with Crippen molar-refractivity contribution in [3.63, 3.8) is 0 Å². The molecule has 0 radical (unpaired) electrons. The van der Waals surface area contributed by atoms with E-state index in [1.54, 1.807) is 0 Å². The van der Waals surface area contributed by atoms with E-state index in [4.69, 9.17) is 21.4 Å². The van der Waals surface area contributed by atoms with Gasteiger partial charge in [-0.3, -0.25) is 0 Å². The predicted octanol–water partition coefficient (Wildman–Crippen LogP) is 4.74. The van der Waals surface area contributed by atoms with Gasteiger partial charge in [-0.05, 0) is 31.2 Å². The van der Waals surface area contributed by atoms with Gasteiger partial charge in [-0.15, -0.1) is 0 Å². The highest BCUT2D eigenvalue weighted by Gasteiger charge is 2.31. The lowest BCUT2D eigenvalue weighted by molar-refractivity contribution is -0.138. The topological polar surface area (TPSA) is 79.7 Å². The number of aliphatic carboxylic acids is 1. The Bertz CT molecular complexity index is 850. The third-order valence-corrected chi connectivity index (χ3v) is 3.32. The fourth-order valence-corrected chi connectivity index (χ4v) is 1.99. The highest BCUT2D eigenvalue weighted by Crippen LogP contribution is 2.36. The van der Waals surface area contributed by atoms with Crippen LogP contribution in [0.2, 0.25) is 5.02 Å². The number of carbonyl (C=O) groups is 1. The van der Waals surface area contributed by atoms with Crippen molar-refractivity contribution < 1.29 is 32.9 Å². The molecular formula is C16H11ClF3NO4. The molecule has 2 rings (SSSR count). The van der Waals surface area contributed by atoms with Crippen LogP contribution in [0.4, 0.5) is 13.2 Å². The summed E-state index contributed by atoms with van der Waals surface area (Å²) >= 11 is 5.77. The predicted molar refractivity (Wildman–Crippen MR) is 83.7 cm³/mol. The number of pyridine rings is 1. The van der Waals surface area contributed by atoms with Crippen LogP contribution in [0.5, 0.6) is 17.4 Å². The fraction of sp³-hybridized carbons (Fsp3) is 0.125. The van der Waals surface area contributed by atoms with Gasteiger partial charge in [0.2, 0.25) is 5.88 Å². The molecule has 1 aromatic carbocycles. The zero-order valence-corrected chi connectivity index (χ0v) is 13.4. The maximum absolute atomic E-state index is 12.6. The van der Waals surface area contributed by atoms with Gasteiger partial charge in [-0.1, -0.05) is 11.6 Å². The monoisotopic (exact) mass is 373 g/mol. The number of nitrogens with zero attached hydrogens (tertiary/aromatic N) is 1. The Labute approximate surface area is 145 Å². The Morgan fingerprint density at radius 3 is 2.56 bits per heavy atom. The molecule has 0 saturated carbocycles. The summed E-state index contributed by atoms with van der Waals surface area (Å²) in [5.74, 6) is -1.69. The summed E-state index contributed by atoms with van der Waals surface area (Å²) in [4.78, 5) is 14.5. The summed E-state index contributed by atoms with van der Waals surface area (Å²) in [5, 5.41) is 18.1. The van der Waals surface area contributed by atoms with Crippen LogP contribution in [0.25, 0.3) is 6.08 Å². The second-order valence-corrected chi connectivity index (χ2v) is 5.37. The van der Waals surface area contributed by atoms with E-state index in [9.17, 15) is 23.1 Å². The molecule has 0 saturated heterocycles. The van der Waals surface area contributed by atoms with E-state index in [1.165, 1.54) is 25.1 Å². The number of phenolic OH excluding ortho intramolecular Hbond substituents is 1. The van der Waals surface area contributed by atoms with Gasteiger partial charge in [0.15, 0.2) is 0 Å². The molecule has 1 aromatic heterocycles. The minimum atomic E-state index is -4.60. The molecule has 2 aromatic rings. The highest BCUT2D eigenvalue weighted by molar-refractivity contribution is 6.31. The van der Waals surface area contributed by atoms with E-state index in [-0.39, 0.29) is 33.5 Å². The summed E-state index contributed by atoms with van der Waals surface area (Å²) in [6.45, 7) is 1.35. The third kappa shape index (κ3) is 4.63. The molecule has 0 aliphatic heterocycles. The minimum absolute atomic E-state index is 0.0120. The average molecular weight is 374 g/mol. The van der Waals surface area contributed by atoms with Crippen LogP contribution >= 0.6 is 11.6 Å². The molecular weight excluding hydrogens is 363 g/mol. The smallest absolute Gasteiger partial charge is 0.417 e. The maximum atomic E-state index is 12.6. The van der Waals surface area contributed by atoms with Gasteiger partial charge in [0.25, 0.3) is 0 Å². The molecule has 0 aliphatic carbocycles. The van der Waals surface area contributed by atoms with Crippen LogP contribution < -0.4 is 4.74 Å². The Kier molecular flexibility index (Phi) is 5.22. The SMILES string of the molecule is CC(=Cc1ccc(O)cc1Oc1ncc(C(F)(F)F)cc1Cl)C(=O)O. The van der Waals surface area contributed by atoms with E-state index in [1.807, 2.05) is 0 Å². The number of hydrogen-bond acceptors (Lipinski definition) is 4. The van der Waals surface area contributed by atoms with E-state index in [0.717, 1.165) is 6.07 Å².